The highest BCUT2D eigenvalue weighted by molar-refractivity contribution is 5.76. The minimum absolute atomic E-state index is 0.0385. The molecule has 5 rings (SSSR count). The van der Waals surface area contributed by atoms with Crippen LogP contribution in [0.3, 0.4) is 0 Å². The molecule has 1 spiro atoms. The van der Waals surface area contributed by atoms with E-state index in [1.807, 2.05) is 12.1 Å². The fourth-order valence-electron chi connectivity index (χ4n) is 7.40. The Bertz CT molecular complexity index is 807. The fraction of sp³-hybridized carbons (Fsp3) is 0.571. The molecule has 3 nitrogen and oxygen atoms in total. The standard InChI is InChI=1S/C21H24O3/c1-18(2)17-7-8-19(3)20(17)9-6-13(12-22)11-21(18,20)15-10-14(23)4-5-16(15)24-19/h4-5,10-12,17,23H,6-9H2,1-3H3/t17-,19+,20?,21?/m0/s1. The molecule has 0 saturated heterocycles. The van der Waals surface area contributed by atoms with Crippen molar-refractivity contribution >= 4 is 6.29 Å². The second kappa shape index (κ2) is 3.89. The van der Waals surface area contributed by atoms with Crippen LogP contribution in [0.15, 0.2) is 29.8 Å². The number of allylic oxidation sites excluding steroid dienone is 2. The minimum atomic E-state index is -0.225. The quantitative estimate of drug-likeness (QED) is 0.790. The third kappa shape index (κ3) is 1.16. The summed E-state index contributed by atoms with van der Waals surface area (Å²) in [7, 11) is 0. The van der Waals surface area contributed by atoms with E-state index in [1.54, 1.807) is 6.07 Å². The van der Waals surface area contributed by atoms with Crippen LogP contribution in [-0.4, -0.2) is 17.0 Å². The zero-order valence-corrected chi connectivity index (χ0v) is 14.6. The number of rotatable bonds is 1. The van der Waals surface area contributed by atoms with Gasteiger partial charge in [-0.05, 0) is 67.7 Å². The maximum atomic E-state index is 11.6. The summed E-state index contributed by atoms with van der Waals surface area (Å²) in [5.41, 5.74) is 1.64. The Balaban J connectivity index is 1.91. The smallest absolute Gasteiger partial charge is 0.145 e. The predicted molar refractivity (Wildman–Crippen MR) is 91.1 cm³/mol. The summed E-state index contributed by atoms with van der Waals surface area (Å²) in [6.07, 6.45) is 7.34. The maximum absolute atomic E-state index is 11.6. The van der Waals surface area contributed by atoms with E-state index in [2.05, 4.69) is 26.8 Å². The lowest BCUT2D eigenvalue weighted by Gasteiger charge is -2.78. The van der Waals surface area contributed by atoms with Crippen LogP contribution in [0.4, 0.5) is 0 Å². The van der Waals surface area contributed by atoms with Gasteiger partial charge in [0.05, 0.1) is 0 Å². The molecular formula is C21H24O3. The molecule has 3 heteroatoms. The lowest BCUT2D eigenvalue weighted by atomic mass is 9.26. The summed E-state index contributed by atoms with van der Waals surface area (Å²) in [6.45, 7) is 6.95. The molecule has 2 fully saturated rings. The molecule has 0 bridgehead atoms. The molecule has 24 heavy (non-hydrogen) atoms. The summed E-state index contributed by atoms with van der Waals surface area (Å²) in [4.78, 5) is 11.6. The van der Waals surface area contributed by atoms with Gasteiger partial charge in [0.1, 0.15) is 23.4 Å². The van der Waals surface area contributed by atoms with Crippen molar-refractivity contribution in [2.75, 3.05) is 0 Å². The molecular weight excluding hydrogens is 300 g/mol. The molecule has 3 aliphatic carbocycles. The van der Waals surface area contributed by atoms with Crippen molar-refractivity contribution in [3.63, 3.8) is 0 Å². The molecule has 4 aliphatic rings. The normalized spacial score (nSPS) is 43.5. The highest BCUT2D eigenvalue weighted by Crippen LogP contribution is 2.85. The fourth-order valence-corrected chi connectivity index (χ4v) is 7.40. The number of carbonyl (C=O) groups is 1. The number of hydrogen-bond acceptors (Lipinski definition) is 3. The van der Waals surface area contributed by atoms with Gasteiger partial charge in [-0.1, -0.05) is 19.9 Å². The first-order valence-corrected chi connectivity index (χ1v) is 9.02. The second-order valence-electron chi connectivity index (χ2n) is 8.94. The second-order valence-corrected chi connectivity index (χ2v) is 8.94. The summed E-state index contributed by atoms with van der Waals surface area (Å²) >= 11 is 0. The largest absolute Gasteiger partial charge is 0.508 e. The monoisotopic (exact) mass is 324 g/mol. The summed E-state index contributed by atoms with van der Waals surface area (Å²) < 4.78 is 6.59. The molecule has 0 aromatic heterocycles. The first-order valence-electron chi connectivity index (χ1n) is 9.02. The zero-order chi connectivity index (χ0) is 17.0. The van der Waals surface area contributed by atoms with E-state index < -0.39 is 0 Å². The molecule has 1 N–H and O–H groups in total. The van der Waals surface area contributed by atoms with Gasteiger partial charge in [0.25, 0.3) is 0 Å². The number of phenolic OH excluding ortho intramolecular Hbond substituents is 1. The maximum Gasteiger partial charge on any atom is 0.145 e. The van der Waals surface area contributed by atoms with Crippen LogP contribution >= 0.6 is 0 Å². The number of hydrogen-bond donors (Lipinski definition) is 1. The Morgan fingerprint density at radius 3 is 2.79 bits per heavy atom. The van der Waals surface area contributed by atoms with E-state index in [1.165, 1.54) is 6.42 Å². The predicted octanol–water partition coefficient (Wildman–Crippen LogP) is 4.14. The minimum Gasteiger partial charge on any atom is -0.508 e. The number of aldehydes is 1. The third-order valence-electron chi connectivity index (χ3n) is 8.12. The van der Waals surface area contributed by atoms with Crippen molar-refractivity contribution in [1.82, 2.24) is 0 Å². The van der Waals surface area contributed by atoms with E-state index >= 15 is 0 Å². The lowest BCUT2D eigenvalue weighted by Crippen LogP contribution is -2.79. The highest BCUT2D eigenvalue weighted by Gasteiger charge is 2.85. The number of aromatic hydroxyl groups is 1. The average Bonchev–Trinajstić information content (AvgIpc) is 2.83. The van der Waals surface area contributed by atoms with Gasteiger partial charge in [-0.2, -0.15) is 0 Å². The molecule has 2 saturated carbocycles. The van der Waals surface area contributed by atoms with Gasteiger partial charge in [0.2, 0.25) is 0 Å². The number of ether oxygens (including phenoxy) is 1. The first-order chi connectivity index (χ1) is 11.3. The summed E-state index contributed by atoms with van der Waals surface area (Å²) in [6, 6.07) is 5.48. The van der Waals surface area contributed by atoms with Crippen molar-refractivity contribution < 1.29 is 14.6 Å². The van der Waals surface area contributed by atoms with Crippen LogP contribution in [0.2, 0.25) is 0 Å². The highest BCUT2D eigenvalue weighted by atomic mass is 16.5. The molecule has 0 amide bonds. The summed E-state index contributed by atoms with van der Waals surface area (Å²) in [5.74, 6) is 1.74. The van der Waals surface area contributed by atoms with E-state index in [0.717, 1.165) is 42.4 Å². The van der Waals surface area contributed by atoms with Crippen LogP contribution in [0.25, 0.3) is 0 Å². The van der Waals surface area contributed by atoms with Crippen molar-refractivity contribution in [1.29, 1.82) is 0 Å². The van der Waals surface area contributed by atoms with Gasteiger partial charge >= 0.3 is 0 Å². The Labute approximate surface area is 142 Å². The Kier molecular flexibility index (Phi) is 2.36. The van der Waals surface area contributed by atoms with Crippen LogP contribution < -0.4 is 4.74 Å². The van der Waals surface area contributed by atoms with Gasteiger partial charge in [0, 0.05) is 16.4 Å². The topological polar surface area (TPSA) is 46.5 Å². The number of phenols is 1. The van der Waals surface area contributed by atoms with Crippen molar-refractivity contribution in [2.24, 2.45) is 16.7 Å². The Morgan fingerprint density at radius 1 is 1.25 bits per heavy atom. The van der Waals surface area contributed by atoms with Gasteiger partial charge in [-0.15, -0.1) is 0 Å². The Morgan fingerprint density at radius 2 is 2.04 bits per heavy atom. The van der Waals surface area contributed by atoms with Gasteiger partial charge in [0.15, 0.2) is 0 Å². The van der Waals surface area contributed by atoms with Gasteiger partial charge in [-0.25, -0.2) is 0 Å². The molecule has 4 atom stereocenters. The Hall–Kier alpha value is -1.77. The SMILES string of the molecule is CC1(C)[C@@H]2CC[C@@]3(C)Oc4ccc(O)cc4C14C=C(C=O)CCC243. The van der Waals surface area contributed by atoms with Crippen LogP contribution in [0, 0.1) is 16.7 Å². The number of benzene rings is 1. The number of carbonyl (C=O) groups excluding carboxylic acids is 1. The van der Waals surface area contributed by atoms with Crippen LogP contribution in [-0.2, 0) is 10.2 Å². The molecule has 126 valence electrons. The number of fused-ring (bicyclic) bond motifs is 1. The van der Waals surface area contributed by atoms with E-state index in [4.69, 9.17) is 4.74 Å². The van der Waals surface area contributed by atoms with Crippen molar-refractivity contribution in [3.8, 4) is 11.5 Å². The average molecular weight is 324 g/mol. The molecule has 2 unspecified atom stereocenters. The zero-order valence-electron chi connectivity index (χ0n) is 14.6. The molecule has 1 aromatic carbocycles. The van der Waals surface area contributed by atoms with Crippen molar-refractivity contribution in [3.05, 3.63) is 35.4 Å². The molecule has 1 aliphatic heterocycles. The van der Waals surface area contributed by atoms with Gasteiger partial charge < -0.3 is 9.84 Å². The van der Waals surface area contributed by atoms with Gasteiger partial charge in [-0.3, -0.25) is 4.79 Å². The van der Waals surface area contributed by atoms with E-state index in [0.29, 0.717) is 5.92 Å². The molecule has 0 radical (unpaired) electrons. The lowest BCUT2D eigenvalue weighted by molar-refractivity contribution is -0.252. The van der Waals surface area contributed by atoms with E-state index in [9.17, 15) is 9.90 Å². The van der Waals surface area contributed by atoms with E-state index in [-0.39, 0.29) is 27.6 Å². The third-order valence-corrected chi connectivity index (χ3v) is 8.12. The molecule has 1 aromatic rings. The van der Waals surface area contributed by atoms with Crippen LogP contribution in [0.5, 0.6) is 11.5 Å². The van der Waals surface area contributed by atoms with Crippen molar-refractivity contribution in [2.45, 2.75) is 57.5 Å². The summed E-state index contributed by atoms with van der Waals surface area (Å²) in [5, 5.41) is 10.2. The first kappa shape index (κ1) is 14.6. The van der Waals surface area contributed by atoms with Crippen LogP contribution in [0.1, 0.15) is 52.0 Å². The molecule has 1 heterocycles.